The van der Waals surface area contributed by atoms with Crippen LogP contribution in [0.3, 0.4) is 0 Å². The van der Waals surface area contributed by atoms with Crippen LogP contribution in [0, 0.1) is 6.92 Å². The van der Waals surface area contributed by atoms with E-state index in [0.717, 1.165) is 22.0 Å². The predicted octanol–water partition coefficient (Wildman–Crippen LogP) is 5.10. The van der Waals surface area contributed by atoms with Crippen molar-refractivity contribution in [2.75, 3.05) is 19.5 Å². The summed E-state index contributed by atoms with van der Waals surface area (Å²) in [5.41, 5.74) is 0.564. The number of ether oxygens (including phenoxy) is 1. The van der Waals surface area contributed by atoms with E-state index in [1.807, 2.05) is 6.92 Å². The van der Waals surface area contributed by atoms with Crippen LogP contribution in [-0.2, 0) is 22.7 Å². The molecule has 0 heterocycles. The zero-order chi connectivity index (χ0) is 25.1. The number of hydrogen-bond acceptors (Lipinski definition) is 4. The molecule has 180 valence electrons. The van der Waals surface area contributed by atoms with Crippen LogP contribution in [0.15, 0.2) is 71.6 Å². The van der Waals surface area contributed by atoms with Gasteiger partial charge in [0, 0.05) is 30.4 Å². The molecule has 0 unspecified atom stereocenters. The number of nitrogens with one attached hydrogen (secondary N) is 1. The number of hydrogen-bond donors (Lipinski definition) is 1. The van der Waals surface area contributed by atoms with Crippen LogP contribution in [0.25, 0.3) is 0 Å². The maximum absolute atomic E-state index is 12.9. The number of aryl methyl sites for hydroxylation is 1. The number of rotatable bonds is 7. The largest absolute Gasteiger partial charge is 0.496 e. The minimum absolute atomic E-state index is 0.0174. The third kappa shape index (κ3) is 5.75. The fourth-order valence-corrected chi connectivity index (χ4v) is 4.38. The number of anilines is 1. The number of halogens is 3. The molecular weight excluding hydrogens is 469 g/mol. The molecular formula is C24H23F3N2O4S. The van der Waals surface area contributed by atoms with E-state index in [1.54, 1.807) is 12.1 Å². The summed E-state index contributed by atoms with van der Waals surface area (Å²) in [5, 5.41) is 2.44. The normalized spacial score (nSPS) is 12.0. The zero-order valence-corrected chi connectivity index (χ0v) is 19.5. The molecule has 0 fully saturated rings. The van der Waals surface area contributed by atoms with Gasteiger partial charge in [-0.3, -0.25) is 4.79 Å². The molecule has 0 radical (unpaired) electrons. The topological polar surface area (TPSA) is 75.7 Å². The molecule has 3 aromatic rings. The van der Waals surface area contributed by atoms with Crippen molar-refractivity contribution in [1.82, 2.24) is 4.31 Å². The fourth-order valence-electron chi connectivity index (χ4n) is 3.23. The van der Waals surface area contributed by atoms with Gasteiger partial charge in [-0.15, -0.1) is 0 Å². The third-order valence-corrected chi connectivity index (χ3v) is 6.93. The van der Waals surface area contributed by atoms with Crippen LogP contribution in [0.4, 0.5) is 18.9 Å². The minimum atomic E-state index is -4.54. The van der Waals surface area contributed by atoms with Crippen LogP contribution in [0.1, 0.15) is 27.0 Å². The molecule has 0 aliphatic rings. The van der Waals surface area contributed by atoms with Crippen molar-refractivity contribution in [3.05, 3.63) is 89.0 Å². The maximum Gasteiger partial charge on any atom is 0.416 e. The molecule has 3 aromatic carbocycles. The highest BCUT2D eigenvalue weighted by Crippen LogP contribution is 2.31. The first kappa shape index (κ1) is 25.3. The summed E-state index contributed by atoms with van der Waals surface area (Å²) in [5.74, 6) is -0.283. The molecule has 1 N–H and O–H groups in total. The predicted molar refractivity (Wildman–Crippen MR) is 122 cm³/mol. The van der Waals surface area contributed by atoms with Gasteiger partial charge in [0.25, 0.3) is 5.91 Å². The Bertz CT molecular complexity index is 1290. The summed E-state index contributed by atoms with van der Waals surface area (Å²) in [7, 11) is -0.989. The van der Waals surface area contributed by atoms with E-state index in [1.165, 1.54) is 56.6 Å². The highest BCUT2D eigenvalue weighted by molar-refractivity contribution is 7.89. The number of nitrogens with zero attached hydrogens (tertiary/aromatic N) is 1. The lowest BCUT2D eigenvalue weighted by molar-refractivity contribution is -0.137. The van der Waals surface area contributed by atoms with E-state index in [9.17, 15) is 26.4 Å². The molecule has 0 aromatic heterocycles. The van der Waals surface area contributed by atoms with Crippen molar-refractivity contribution in [2.45, 2.75) is 24.5 Å². The first-order valence-electron chi connectivity index (χ1n) is 10.1. The quantitative estimate of drug-likeness (QED) is 0.498. The van der Waals surface area contributed by atoms with Crippen LogP contribution in [-0.4, -0.2) is 32.8 Å². The lowest BCUT2D eigenvalue weighted by Gasteiger charge is -2.19. The molecule has 0 aliphatic carbocycles. The Morgan fingerprint density at radius 1 is 1.03 bits per heavy atom. The van der Waals surface area contributed by atoms with E-state index >= 15 is 0 Å². The van der Waals surface area contributed by atoms with Gasteiger partial charge >= 0.3 is 6.18 Å². The van der Waals surface area contributed by atoms with Gasteiger partial charge in [-0.2, -0.15) is 17.5 Å². The van der Waals surface area contributed by atoms with Crippen LogP contribution < -0.4 is 10.1 Å². The molecule has 6 nitrogen and oxygen atoms in total. The van der Waals surface area contributed by atoms with Crippen LogP contribution in [0.2, 0.25) is 0 Å². The first-order chi connectivity index (χ1) is 15.9. The van der Waals surface area contributed by atoms with Crippen LogP contribution in [0.5, 0.6) is 5.75 Å². The van der Waals surface area contributed by atoms with Gasteiger partial charge in [0.15, 0.2) is 0 Å². The Morgan fingerprint density at radius 2 is 1.71 bits per heavy atom. The summed E-state index contributed by atoms with van der Waals surface area (Å²) in [4.78, 5) is 12.8. The molecule has 0 spiro atoms. The molecule has 3 rings (SSSR count). The van der Waals surface area contributed by atoms with Crippen LogP contribution >= 0.6 is 0 Å². The number of alkyl halides is 3. The molecule has 1 amide bonds. The number of carbonyl (C=O) groups is 1. The lowest BCUT2D eigenvalue weighted by atomic mass is 10.1. The highest BCUT2D eigenvalue weighted by atomic mass is 32.2. The standard InChI is InChI=1S/C24H23F3N2O4S/c1-16-7-10-21(11-8-16)34(31,32)29(2)15-18-13-17(9-12-22(18)33-3)23(30)28-20-6-4-5-19(14-20)24(25,26)27/h4-14H,15H2,1-3H3,(H,28,30). The Balaban J connectivity index is 1.84. The van der Waals surface area contributed by atoms with Gasteiger partial charge in [-0.25, -0.2) is 8.42 Å². The van der Waals surface area contributed by atoms with Crippen molar-refractivity contribution >= 4 is 21.6 Å². The fraction of sp³-hybridized carbons (Fsp3) is 0.208. The van der Waals surface area contributed by atoms with Gasteiger partial charge in [0.2, 0.25) is 10.0 Å². The number of methoxy groups -OCH3 is 1. The number of amides is 1. The minimum Gasteiger partial charge on any atom is -0.496 e. The molecule has 0 saturated heterocycles. The van der Waals surface area contributed by atoms with Gasteiger partial charge in [-0.05, 0) is 55.5 Å². The Morgan fingerprint density at radius 3 is 2.32 bits per heavy atom. The number of benzene rings is 3. The SMILES string of the molecule is COc1ccc(C(=O)Nc2cccc(C(F)(F)F)c2)cc1CN(C)S(=O)(=O)c1ccc(C)cc1. The van der Waals surface area contributed by atoms with Crippen molar-refractivity contribution < 1.29 is 31.1 Å². The van der Waals surface area contributed by atoms with Crippen molar-refractivity contribution in [3.63, 3.8) is 0 Å². The number of sulfonamides is 1. The molecule has 10 heteroatoms. The molecule has 34 heavy (non-hydrogen) atoms. The van der Waals surface area contributed by atoms with Gasteiger partial charge < -0.3 is 10.1 Å². The average molecular weight is 493 g/mol. The second kappa shape index (κ2) is 9.86. The van der Waals surface area contributed by atoms with E-state index in [2.05, 4.69) is 5.32 Å². The van der Waals surface area contributed by atoms with Gasteiger partial charge in [0.1, 0.15) is 5.75 Å². The Kier molecular flexibility index (Phi) is 7.32. The Hall–Kier alpha value is -3.37. The highest BCUT2D eigenvalue weighted by Gasteiger charge is 2.30. The summed E-state index contributed by atoms with van der Waals surface area (Å²) >= 11 is 0. The Labute approximate surface area is 196 Å². The number of carbonyl (C=O) groups excluding carboxylic acids is 1. The van der Waals surface area contributed by atoms with Gasteiger partial charge in [0.05, 0.1) is 17.6 Å². The average Bonchev–Trinajstić information content (AvgIpc) is 2.79. The summed E-state index contributed by atoms with van der Waals surface area (Å²) in [6.07, 6.45) is -4.54. The third-order valence-electron chi connectivity index (χ3n) is 5.11. The lowest BCUT2D eigenvalue weighted by Crippen LogP contribution is -2.27. The first-order valence-corrected chi connectivity index (χ1v) is 11.5. The zero-order valence-electron chi connectivity index (χ0n) is 18.7. The van der Waals surface area contributed by atoms with Gasteiger partial charge in [-0.1, -0.05) is 23.8 Å². The van der Waals surface area contributed by atoms with Crippen molar-refractivity contribution in [2.24, 2.45) is 0 Å². The van der Waals surface area contributed by atoms with Crippen molar-refractivity contribution in [1.29, 1.82) is 0 Å². The van der Waals surface area contributed by atoms with Crippen molar-refractivity contribution in [3.8, 4) is 5.75 Å². The van der Waals surface area contributed by atoms with E-state index < -0.39 is 27.7 Å². The molecule has 0 saturated carbocycles. The van der Waals surface area contributed by atoms with E-state index in [0.29, 0.717) is 11.3 Å². The molecule has 0 aliphatic heterocycles. The van der Waals surface area contributed by atoms with E-state index in [-0.39, 0.29) is 22.7 Å². The molecule has 0 bridgehead atoms. The smallest absolute Gasteiger partial charge is 0.416 e. The van der Waals surface area contributed by atoms with E-state index in [4.69, 9.17) is 4.74 Å². The second-order valence-corrected chi connectivity index (χ2v) is 9.68. The monoisotopic (exact) mass is 492 g/mol. The maximum atomic E-state index is 12.9. The summed E-state index contributed by atoms with van der Waals surface area (Å²) < 4.78 is 71.1. The molecule has 0 atom stereocenters. The summed E-state index contributed by atoms with van der Waals surface area (Å²) in [6.45, 7) is 1.75. The second-order valence-electron chi connectivity index (χ2n) is 7.63. The summed E-state index contributed by atoms with van der Waals surface area (Å²) in [6, 6.07) is 15.1.